The van der Waals surface area contributed by atoms with Crippen molar-refractivity contribution in [3.63, 3.8) is 0 Å². The molecule has 0 heterocycles. The fourth-order valence-corrected chi connectivity index (χ4v) is 2.80. The zero-order chi connectivity index (χ0) is 11.2. The zero-order valence-electron chi connectivity index (χ0n) is 9.03. The summed E-state index contributed by atoms with van der Waals surface area (Å²) in [6.07, 6.45) is 0.830. The molecule has 0 aromatic carbocycles. The lowest BCUT2D eigenvalue weighted by atomic mass is 10.5. The van der Waals surface area contributed by atoms with Crippen LogP contribution in [0.25, 0.3) is 0 Å². The van der Waals surface area contributed by atoms with Crippen LogP contribution in [0.4, 0.5) is 0 Å². The summed E-state index contributed by atoms with van der Waals surface area (Å²) in [5.74, 6) is 0. The smallest absolute Gasteiger partial charge is 0.195 e. The Hall–Kier alpha value is 0.350. The molecule has 0 saturated carbocycles. The van der Waals surface area contributed by atoms with Crippen LogP contribution in [0.15, 0.2) is 0 Å². The van der Waals surface area contributed by atoms with Gasteiger partial charge in [-0.15, -0.1) is 0 Å². The quantitative estimate of drug-likeness (QED) is 0.662. The molecular weight excluding hydrogens is 268 g/mol. The van der Waals surface area contributed by atoms with Crippen molar-refractivity contribution in [2.24, 2.45) is 0 Å². The second-order valence-corrected chi connectivity index (χ2v) is 5.78. The zero-order valence-corrected chi connectivity index (χ0v) is 11.4. The summed E-state index contributed by atoms with van der Waals surface area (Å²) < 4.78 is 26.5. The molecule has 0 amide bonds. The van der Waals surface area contributed by atoms with E-state index in [-0.39, 0.29) is 0 Å². The van der Waals surface area contributed by atoms with Crippen LogP contribution in [0.2, 0.25) is 0 Å². The molecule has 0 aromatic rings. The van der Waals surface area contributed by atoms with Gasteiger partial charge in [0.15, 0.2) is 0 Å². The largest absolute Gasteiger partial charge is 0.281 e. The van der Waals surface area contributed by atoms with Gasteiger partial charge in [0, 0.05) is 32.0 Å². The van der Waals surface area contributed by atoms with E-state index in [1.807, 2.05) is 13.8 Å². The highest BCUT2D eigenvalue weighted by atomic mass is 79.9. The van der Waals surface area contributed by atoms with E-state index in [4.69, 9.17) is 0 Å². The van der Waals surface area contributed by atoms with E-state index in [2.05, 4.69) is 15.9 Å². The van der Waals surface area contributed by atoms with Crippen LogP contribution >= 0.6 is 15.9 Å². The highest BCUT2D eigenvalue weighted by Crippen LogP contribution is 2.06. The lowest BCUT2D eigenvalue weighted by molar-refractivity contribution is 0.378. The van der Waals surface area contributed by atoms with Crippen molar-refractivity contribution in [3.8, 4) is 0 Å². The Labute approximate surface area is 95.6 Å². The Morgan fingerprint density at radius 1 is 1.21 bits per heavy atom. The second kappa shape index (κ2) is 6.76. The van der Waals surface area contributed by atoms with Crippen molar-refractivity contribution in [3.05, 3.63) is 0 Å². The topological polar surface area (TPSA) is 40.6 Å². The molecule has 0 spiro atoms. The predicted octanol–water partition coefficient (Wildman–Crippen LogP) is 1.29. The molecule has 0 saturated heterocycles. The SMILES string of the molecule is CCN(CC)S(=O)(=O)N(C)CCCBr. The van der Waals surface area contributed by atoms with Crippen LogP contribution in [0.5, 0.6) is 0 Å². The first kappa shape index (κ1) is 14.3. The molecule has 0 rings (SSSR count). The molecule has 86 valence electrons. The summed E-state index contributed by atoms with van der Waals surface area (Å²) >= 11 is 3.28. The van der Waals surface area contributed by atoms with Gasteiger partial charge in [0.1, 0.15) is 0 Å². The molecule has 0 aliphatic carbocycles. The maximum absolute atomic E-state index is 11.8. The Morgan fingerprint density at radius 3 is 2.07 bits per heavy atom. The third-order valence-electron chi connectivity index (χ3n) is 2.03. The summed E-state index contributed by atoms with van der Waals surface area (Å²) in [5, 5.41) is 0.825. The highest BCUT2D eigenvalue weighted by Gasteiger charge is 2.23. The van der Waals surface area contributed by atoms with Gasteiger partial charge >= 0.3 is 0 Å². The normalized spacial score (nSPS) is 12.7. The van der Waals surface area contributed by atoms with Gasteiger partial charge in [0.25, 0.3) is 10.2 Å². The molecule has 0 atom stereocenters. The maximum atomic E-state index is 11.8. The molecule has 4 nitrogen and oxygen atoms in total. The predicted molar refractivity (Wildman–Crippen MR) is 62.9 cm³/mol. The Morgan fingerprint density at radius 2 is 1.71 bits per heavy atom. The molecule has 0 aliphatic heterocycles. The van der Waals surface area contributed by atoms with Gasteiger partial charge in [-0.25, -0.2) is 0 Å². The van der Waals surface area contributed by atoms with Crippen molar-refractivity contribution in [1.82, 2.24) is 8.61 Å². The molecule has 0 radical (unpaired) electrons. The number of hydrogen-bond donors (Lipinski definition) is 0. The lowest BCUT2D eigenvalue weighted by Gasteiger charge is -2.25. The van der Waals surface area contributed by atoms with Gasteiger partial charge in [-0.1, -0.05) is 29.8 Å². The van der Waals surface area contributed by atoms with Crippen molar-refractivity contribution >= 4 is 26.1 Å². The number of rotatable bonds is 7. The van der Waals surface area contributed by atoms with Crippen LogP contribution in [0.3, 0.4) is 0 Å². The molecule has 0 fully saturated rings. The third kappa shape index (κ3) is 3.84. The van der Waals surface area contributed by atoms with Crippen LogP contribution in [0, 0.1) is 0 Å². The van der Waals surface area contributed by atoms with E-state index < -0.39 is 10.2 Å². The van der Waals surface area contributed by atoms with Gasteiger partial charge in [-0.3, -0.25) is 0 Å². The molecule has 14 heavy (non-hydrogen) atoms. The van der Waals surface area contributed by atoms with E-state index in [0.29, 0.717) is 19.6 Å². The van der Waals surface area contributed by atoms with E-state index in [9.17, 15) is 8.42 Å². The first-order valence-electron chi connectivity index (χ1n) is 4.78. The average molecular weight is 287 g/mol. The molecule has 0 unspecified atom stereocenters. The summed E-state index contributed by atoms with van der Waals surface area (Å²) in [7, 11) is -1.61. The number of hydrogen-bond acceptors (Lipinski definition) is 2. The van der Waals surface area contributed by atoms with E-state index in [1.165, 1.54) is 8.61 Å². The Kier molecular flexibility index (Phi) is 6.93. The fourth-order valence-electron chi connectivity index (χ4n) is 1.14. The van der Waals surface area contributed by atoms with Crippen molar-refractivity contribution in [1.29, 1.82) is 0 Å². The number of alkyl halides is 1. The third-order valence-corrected chi connectivity index (χ3v) is 4.73. The lowest BCUT2D eigenvalue weighted by Crippen LogP contribution is -2.42. The molecule has 0 aliphatic rings. The standard InChI is InChI=1S/C8H19BrN2O2S/c1-4-11(5-2)14(12,13)10(3)8-6-7-9/h4-8H2,1-3H3. The number of halogens is 1. The van der Waals surface area contributed by atoms with Crippen molar-refractivity contribution in [2.75, 3.05) is 32.0 Å². The van der Waals surface area contributed by atoms with E-state index >= 15 is 0 Å². The van der Waals surface area contributed by atoms with Gasteiger partial charge in [0.05, 0.1) is 0 Å². The fraction of sp³-hybridized carbons (Fsp3) is 1.00. The van der Waals surface area contributed by atoms with Gasteiger partial charge in [0.2, 0.25) is 0 Å². The summed E-state index contributed by atoms with van der Waals surface area (Å²) in [4.78, 5) is 0. The van der Waals surface area contributed by atoms with Crippen LogP contribution in [0.1, 0.15) is 20.3 Å². The first-order valence-corrected chi connectivity index (χ1v) is 7.29. The Bertz CT molecular complexity index is 240. The monoisotopic (exact) mass is 286 g/mol. The van der Waals surface area contributed by atoms with Crippen molar-refractivity contribution in [2.45, 2.75) is 20.3 Å². The minimum Gasteiger partial charge on any atom is -0.195 e. The van der Waals surface area contributed by atoms with Crippen LogP contribution in [-0.2, 0) is 10.2 Å². The number of nitrogens with zero attached hydrogens (tertiary/aromatic N) is 2. The van der Waals surface area contributed by atoms with Gasteiger partial charge in [-0.05, 0) is 6.42 Å². The van der Waals surface area contributed by atoms with Crippen LogP contribution < -0.4 is 0 Å². The van der Waals surface area contributed by atoms with Gasteiger partial charge in [-0.2, -0.15) is 17.0 Å². The van der Waals surface area contributed by atoms with E-state index in [1.54, 1.807) is 7.05 Å². The van der Waals surface area contributed by atoms with E-state index in [0.717, 1.165) is 11.8 Å². The molecule has 6 heteroatoms. The Balaban J connectivity index is 4.43. The summed E-state index contributed by atoms with van der Waals surface area (Å²) in [5.41, 5.74) is 0. The highest BCUT2D eigenvalue weighted by molar-refractivity contribution is 9.09. The van der Waals surface area contributed by atoms with Gasteiger partial charge < -0.3 is 0 Å². The van der Waals surface area contributed by atoms with Crippen molar-refractivity contribution < 1.29 is 8.42 Å². The molecule has 0 N–H and O–H groups in total. The summed E-state index contributed by atoms with van der Waals surface area (Å²) in [6.45, 7) is 5.30. The minimum absolute atomic E-state index is 0.525. The first-order chi connectivity index (χ1) is 6.50. The average Bonchev–Trinajstić information content (AvgIpc) is 2.15. The minimum atomic E-state index is -3.23. The molecule has 0 bridgehead atoms. The van der Waals surface area contributed by atoms with Crippen LogP contribution in [-0.4, -0.2) is 49.0 Å². The maximum Gasteiger partial charge on any atom is 0.281 e. The summed E-state index contributed by atoms with van der Waals surface area (Å²) in [6, 6.07) is 0. The molecular formula is C8H19BrN2O2S. The second-order valence-electron chi connectivity index (χ2n) is 2.96. The molecule has 0 aromatic heterocycles.